The van der Waals surface area contributed by atoms with Gasteiger partial charge in [-0.05, 0) is 24.3 Å². The van der Waals surface area contributed by atoms with Gasteiger partial charge in [0.05, 0.1) is 37.0 Å². The van der Waals surface area contributed by atoms with Gasteiger partial charge in [0.15, 0.2) is 11.5 Å². The molecule has 0 atom stereocenters. The number of carbonyl (C=O) groups excluding carboxylic acids is 1. The lowest BCUT2D eigenvalue weighted by atomic mass is 9.73. The summed E-state index contributed by atoms with van der Waals surface area (Å²) < 4.78 is 5.43. The highest BCUT2D eigenvalue weighted by Gasteiger charge is 2.40. The van der Waals surface area contributed by atoms with Crippen LogP contribution in [0.3, 0.4) is 0 Å². The molecular weight excluding hydrogens is 396 g/mol. The van der Waals surface area contributed by atoms with Gasteiger partial charge in [-0.25, -0.2) is 9.97 Å². The number of carbonyl (C=O) groups is 1. The number of nitrogens with zero attached hydrogens (tertiary/aromatic N) is 5. The number of hydrogen-bond donors (Lipinski definition) is 3. The van der Waals surface area contributed by atoms with E-state index in [1.54, 1.807) is 18.6 Å². The van der Waals surface area contributed by atoms with Crippen molar-refractivity contribution in [3.63, 3.8) is 0 Å². The van der Waals surface area contributed by atoms with Gasteiger partial charge in [-0.3, -0.25) is 9.78 Å². The Morgan fingerprint density at radius 2 is 1.90 bits per heavy atom. The number of nitrogen functional groups attached to an aromatic ring is 1. The smallest absolute Gasteiger partial charge is 0.278 e. The van der Waals surface area contributed by atoms with E-state index in [1.807, 2.05) is 6.07 Å². The third-order valence-corrected chi connectivity index (χ3v) is 6.55. The Balaban J connectivity index is 1.32. The van der Waals surface area contributed by atoms with Gasteiger partial charge in [0, 0.05) is 45.5 Å². The van der Waals surface area contributed by atoms with Crippen LogP contribution in [0.2, 0.25) is 0 Å². The molecule has 1 amide bonds. The van der Waals surface area contributed by atoms with Crippen LogP contribution < -0.4 is 26.2 Å². The van der Waals surface area contributed by atoms with Crippen LogP contribution in [0.4, 0.5) is 23.0 Å². The van der Waals surface area contributed by atoms with Gasteiger partial charge in [-0.2, -0.15) is 0 Å². The number of nitrogens with one attached hydrogen (secondary N) is 2. The van der Waals surface area contributed by atoms with Gasteiger partial charge >= 0.3 is 0 Å². The van der Waals surface area contributed by atoms with Gasteiger partial charge in [0.25, 0.3) is 5.91 Å². The van der Waals surface area contributed by atoms with Crippen LogP contribution in [0.25, 0.3) is 0 Å². The SMILES string of the molecule is Nc1ncc(N2CCC3(CC2)CNC3)nc1C(=O)Nc1cnccc1N1CCOCC1. The first-order valence-corrected chi connectivity index (χ1v) is 10.8. The highest BCUT2D eigenvalue weighted by molar-refractivity contribution is 6.07. The lowest BCUT2D eigenvalue weighted by Crippen LogP contribution is -2.58. The summed E-state index contributed by atoms with van der Waals surface area (Å²) in [7, 11) is 0. The molecule has 2 aromatic heterocycles. The second kappa shape index (κ2) is 8.27. The van der Waals surface area contributed by atoms with Crippen molar-refractivity contribution in [2.45, 2.75) is 12.8 Å². The molecule has 31 heavy (non-hydrogen) atoms. The molecule has 3 saturated heterocycles. The molecule has 0 aliphatic carbocycles. The van der Waals surface area contributed by atoms with Gasteiger partial charge in [0.2, 0.25) is 0 Å². The molecular formula is C21H28N8O2. The summed E-state index contributed by atoms with van der Waals surface area (Å²) in [6, 6.07) is 1.89. The van der Waals surface area contributed by atoms with Crippen LogP contribution in [0.5, 0.6) is 0 Å². The molecule has 3 aliphatic rings. The van der Waals surface area contributed by atoms with Crippen molar-refractivity contribution in [1.29, 1.82) is 0 Å². The first-order chi connectivity index (χ1) is 15.1. The summed E-state index contributed by atoms with van der Waals surface area (Å²) in [5, 5.41) is 6.31. The first-order valence-electron chi connectivity index (χ1n) is 10.8. The molecule has 5 rings (SSSR count). The summed E-state index contributed by atoms with van der Waals surface area (Å²) in [5.41, 5.74) is 8.13. The molecule has 0 radical (unpaired) electrons. The standard InChI is InChI=1S/C21H28N8O2/c22-19-18(27-17(12-25-19)29-5-2-21(3-6-29)13-24-14-21)20(30)26-15-11-23-4-1-16(15)28-7-9-31-10-8-28/h1,4,11-12,24H,2-3,5-10,13-14H2,(H2,22,25)(H,26,30). The highest BCUT2D eigenvalue weighted by Crippen LogP contribution is 2.36. The van der Waals surface area contributed by atoms with Crippen LogP contribution in [0.1, 0.15) is 23.3 Å². The van der Waals surface area contributed by atoms with E-state index in [0.29, 0.717) is 30.1 Å². The number of nitrogens with two attached hydrogens (primary N) is 1. The van der Waals surface area contributed by atoms with E-state index in [0.717, 1.165) is 57.8 Å². The Kier molecular flexibility index (Phi) is 5.33. The fourth-order valence-electron chi connectivity index (χ4n) is 4.50. The van der Waals surface area contributed by atoms with E-state index < -0.39 is 0 Å². The average Bonchev–Trinajstić information content (AvgIpc) is 2.79. The summed E-state index contributed by atoms with van der Waals surface area (Å²) in [6.07, 6.45) is 7.26. The van der Waals surface area contributed by atoms with Crippen molar-refractivity contribution in [2.24, 2.45) is 5.41 Å². The fraction of sp³-hybridized carbons (Fsp3) is 0.524. The lowest BCUT2D eigenvalue weighted by Gasteiger charge is -2.48. The average molecular weight is 425 g/mol. The Bertz CT molecular complexity index is 948. The van der Waals surface area contributed by atoms with E-state index >= 15 is 0 Å². The molecule has 0 aromatic carbocycles. The Morgan fingerprint density at radius 3 is 2.61 bits per heavy atom. The zero-order chi connectivity index (χ0) is 21.3. The molecule has 2 aromatic rings. The normalized spacial score (nSPS) is 20.4. The number of pyridine rings is 1. The monoisotopic (exact) mass is 424 g/mol. The summed E-state index contributed by atoms with van der Waals surface area (Å²) in [6.45, 7) is 6.84. The van der Waals surface area contributed by atoms with Crippen molar-refractivity contribution in [1.82, 2.24) is 20.3 Å². The van der Waals surface area contributed by atoms with E-state index in [1.165, 1.54) is 0 Å². The molecule has 10 nitrogen and oxygen atoms in total. The molecule has 1 spiro atoms. The van der Waals surface area contributed by atoms with Crippen molar-refractivity contribution >= 4 is 28.9 Å². The van der Waals surface area contributed by atoms with E-state index in [-0.39, 0.29) is 17.4 Å². The van der Waals surface area contributed by atoms with E-state index in [4.69, 9.17) is 10.5 Å². The van der Waals surface area contributed by atoms with Crippen molar-refractivity contribution < 1.29 is 9.53 Å². The number of amides is 1. The predicted molar refractivity (Wildman–Crippen MR) is 118 cm³/mol. The Labute approximate surface area is 181 Å². The summed E-state index contributed by atoms with van der Waals surface area (Å²) in [4.78, 5) is 30.4. The van der Waals surface area contributed by atoms with Gasteiger partial charge in [-0.15, -0.1) is 0 Å². The molecule has 0 unspecified atom stereocenters. The van der Waals surface area contributed by atoms with Crippen molar-refractivity contribution in [2.75, 3.05) is 73.3 Å². The molecule has 10 heteroatoms. The third kappa shape index (κ3) is 4.00. The maximum atomic E-state index is 13.1. The quantitative estimate of drug-likeness (QED) is 0.652. The van der Waals surface area contributed by atoms with Crippen LogP contribution in [-0.2, 0) is 4.74 Å². The maximum absolute atomic E-state index is 13.1. The van der Waals surface area contributed by atoms with Crippen LogP contribution in [0, 0.1) is 5.41 Å². The second-order valence-electron chi connectivity index (χ2n) is 8.50. The molecule has 5 heterocycles. The lowest BCUT2D eigenvalue weighted by molar-refractivity contribution is 0.102. The minimum atomic E-state index is -0.383. The zero-order valence-corrected chi connectivity index (χ0v) is 17.5. The predicted octanol–water partition coefficient (Wildman–Crippen LogP) is 0.733. The number of anilines is 4. The number of aromatic nitrogens is 3. The Hall–Kier alpha value is -2.98. The highest BCUT2D eigenvalue weighted by atomic mass is 16.5. The maximum Gasteiger partial charge on any atom is 0.278 e. The molecule has 0 saturated carbocycles. The van der Waals surface area contributed by atoms with Crippen LogP contribution in [0.15, 0.2) is 24.7 Å². The van der Waals surface area contributed by atoms with Crippen LogP contribution in [-0.4, -0.2) is 73.3 Å². The second-order valence-corrected chi connectivity index (χ2v) is 8.50. The van der Waals surface area contributed by atoms with Crippen LogP contribution >= 0.6 is 0 Å². The van der Waals surface area contributed by atoms with Gasteiger partial charge in [-0.1, -0.05) is 0 Å². The largest absolute Gasteiger partial charge is 0.382 e. The summed E-state index contributed by atoms with van der Waals surface area (Å²) >= 11 is 0. The molecule has 0 bridgehead atoms. The van der Waals surface area contributed by atoms with Crippen molar-refractivity contribution in [3.8, 4) is 0 Å². The number of hydrogen-bond acceptors (Lipinski definition) is 9. The Morgan fingerprint density at radius 1 is 1.13 bits per heavy atom. The van der Waals surface area contributed by atoms with Gasteiger partial charge in [0.1, 0.15) is 5.82 Å². The number of ether oxygens (including phenoxy) is 1. The summed E-state index contributed by atoms with van der Waals surface area (Å²) in [5.74, 6) is 0.432. The molecule has 3 fully saturated rings. The molecule has 164 valence electrons. The van der Waals surface area contributed by atoms with E-state index in [9.17, 15) is 4.79 Å². The fourth-order valence-corrected chi connectivity index (χ4v) is 4.50. The number of piperidine rings is 1. The van der Waals surface area contributed by atoms with E-state index in [2.05, 4.69) is 35.4 Å². The third-order valence-electron chi connectivity index (χ3n) is 6.55. The van der Waals surface area contributed by atoms with Gasteiger partial charge < -0.3 is 30.9 Å². The van der Waals surface area contributed by atoms with Crippen molar-refractivity contribution in [3.05, 3.63) is 30.4 Å². The first kappa shape index (κ1) is 20.0. The zero-order valence-electron chi connectivity index (χ0n) is 17.5. The minimum absolute atomic E-state index is 0.120. The number of rotatable bonds is 4. The minimum Gasteiger partial charge on any atom is -0.382 e. The molecule has 3 aliphatic heterocycles. The molecule has 4 N–H and O–H groups in total. The topological polar surface area (TPSA) is 122 Å². The number of morpholine rings is 1.